The summed E-state index contributed by atoms with van der Waals surface area (Å²) in [6, 6.07) is 10.9. The first-order valence-corrected chi connectivity index (χ1v) is 8.26. The van der Waals surface area contributed by atoms with E-state index >= 15 is 0 Å². The second-order valence-corrected chi connectivity index (χ2v) is 6.07. The van der Waals surface area contributed by atoms with Gasteiger partial charge in [0.15, 0.2) is 0 Å². The summed E-state index contributed by atoms with van der Waals surface area (Å²) >= 11 is 1.40. The number of alkyl carbamates (subject to hydrolysis) is 1. The average Bonchev–Trinajstić information content (AvgIpc) is 2.97. The predicted molar refractivity (Wildman–Crippen MR) is 78.0 cm³/mol. The van der Waals surface area contributed by atoms with Crippen molar-refractivity contribution < 1.29 is 19.0 Å². The van der Waals surface area contributed by atoms with Crippen LogP contribution in [0.4, 0.5) is 4.79 Å². The van der Waals surface area contributed by atoms with Crippen molar-refractivity contribution in [2.75, 3.05) is 0 Å². The standard InChI is InChI=1S/C13H14NO4PS/c15-13(18-8-10-4-2-1-3-5-10)14-12(19(16)17)11-6-7-20-9-11/h1-7,9,12,19H,8H2,(H,14,15)(H,16,17)/t12-/m1/s1. The highest BCUT2D eigenvalue weighted by Crippen LogP contribution is 2.36. The van der Waals surface area contributed by atoms with Gasteiger partial charge in [-0.05, 0) is 28.0 Å². The lowest BCUT2D eigenvalue weighted by Crippen LogP contribution is -2.27. The Kier molecular flexibility index (Phi) is 5.35. The fourth-order valence-corrected chi connectivity index (χ4v) is 3.12. The average molecular weight is 311 g/mol. The van der Waals surface area contributed by atoms with E-state index in [4.69, 9.17) is 4.74 Å². The van der Waals surface area contributed by atoms with Gasteiger partial charge in [0.2, 0.25) is 8.03 Å². The van der Waals surface area contributed by atoms with Crippen LogP contribution in [0, 0.1) is 0 Å². The van der Waals surface area contributed by atoms with Gasteiger partial charge in [0, 0.05) is 0 Å². The minimum atomic E-state index is -2.93. The number of carbonyl (C=O) groups is 1. The number of benzene rings is 1. The Bertz CT molecular complexity index is 573. The van der Waals surface area contributed by atoms with Gasteiger partial charge in [-0.3, -0.25) is 4.57 Å². The van der Waals surface area contributed by atoms with E-state index < -0.39 is 19.9 Å². The van der Waals surface area contributed by atoms with E-state index in [9.17, 15) is 14.3 Å². The summed E-state index contributed by atoms with van der Waals surface area (Å²) in [5.74, 6) is -0.908. The molecule has 1 aromatic carbocycles. The van der Waals surface area contributed by atoms with Crippen molar-refractivity contribution in [3.05, 3.63) is 58.3 Å². The molecule has 0 bridgehead atoms. The fourth-order valence-electron chi connectivity index (χ4n) is 1.61. The predicted octanol–water partition coefficient (Wildman–Crippen LogP) is 3.14. The first-order chi connectivity index (χ1) is 9.66. The third-order valence-electron chi connectivity index (χ3n) is 2.60. The molecule has 0 saturated carbocycles. The summed E-state index contributed by atoms with van der Waals surface area (Å²) < 4.78 is 16.4. The molecular formula is C13H14NO4PS. The second-order valence-electron chi connectivity index (χ2n) is 4.03. The molecule has 20 heavy (non-hydrogen) atoms. The summed E-state index contributed by atoms with van der Waals surface area (Å²) in [4.78, 5) is 21.0. The lowest BCUT2D eigenvalue weighted by atomic mass is 10.2. The van der Waals surface area contributed by atoms with Gasteiger partial charge in [0.1, 0.15) is 12.4 Å². The van der Waals surface area contributed by atoms with Crippen LogP contribution in [-0.4, -0.2) is 11.0 Å². The number of thiophene rings is 1. The van der Waals surface area contributed by atoms with Gasteiger partial charge >= 0.3 is 6.09 Å². The molecule has 0 saturated heterocycles. The van der Waals surface area contributed by atoms with E-state index in [0.29, 0.717) is 5.56 Å². The van der Waals surface area contributed by atoms with Crippen molar-refractivity contribution >= 4 is 25.5 Å². The molecule has 106 valence electrons. The highest BCUT2D eigenvalue weighted by atomic mass is 32.1. The summed E-state index contributed by atoms with van der Waals surface area (Å²) in [5, 5.41) is 5.92. The Morgan fingerprint density at radius 3 is 2.70 bits per heavy atom. The smallest absolute Gasteiger partial charge is 0.408 e. The minimum Gasteiger partial charge on any atom is -0.445 e. The van der Waals surface area contributed by atoms with Gasteiger partial charge in [-0.15, -0.1) is 0 Å². The summed E-state index contributed by atoms with van der Waals surface area (Å²) in [6.45, 7) is 0.120. The summed E-state index contributed by atoms with van der Waals surface area (Å²) in [5.41, 5.74) is 1.46. The Hall–Kier alpha value is -1.62. The van der Waals surface area contributed by atoms with Gasteiger partial charge in [0.05, 0.1) is 0 Å². The normalized spacial score (nSPS) is 13.4. The van der Waals surface area contributed by atoms with Crippen molar-refractivity contribution in [3.8, 4) is 0 Å². The Balaban J connectivity index is 1.91. The van der Waals surface area contributed by atoms with E-state index in [-0.39, 0.29) is 6.61 Å². The molecule has 0 spiro atoms. The Morgan fingerprint density at radius 1 is 1.35 bits per heavy atom. The highest BCUT2D eigenvalue weighted by Gasteiger charge is 2.20. The third kappa shape index (κ3) is 4.20. The maximum Gasteiger partial charge on any atom is 0.408 e. The van der Waals surface area contributed by atoms with Gasteiger partial charge in [-0.2, -0.15) is 11.3 Å². The van der Waals surface area contributed by atoms with E-state index in [2.05, 4.69) is 5.32 Å². The number of rotatable bonds is 5. The number of nitrogens with one attached hydrogen (secondary N) is 1. The molecule has 0 aliphatic carbocycles. The molecule has 1 aromatic heterocycles. The molecule has 2 N–H and O–H groups in total. The first kappa shape index (κ1) is 14.8. The molecule has 7 heteroatoms. The van der Waals surface area contributed by atoms with Gasteiger partial charge < -0.3 is 14.9 Å². The lowest BCUT2D eigenvalue weighted by molar-refractivity contribution is 0.138. The van der Waals surface area contributed by atoms with Crippen molar-refractivity contribution in [2.24, 2.45) is 0 Å². The minimum absolute atomic E-state index is 0.120. The Labute approximate surface area is 121 Å². The number of amides is 1. The molecule has 2 aromatic rings. The van der Waals surface area contributed by atoms with Crippen LogP contribution < -0.4 is 5.32 Å². The molecule has 1 unspecified atom stereocenters. The molecule has 2 rings (SSSR count). The largest absolute Gasteiger partial charge is 0.445 e. The second kappa shape index (κ2) is 7.24. The Morgan fingerprint density at radius 2 is 2.10 bits per heavy atom. The van der Waals surface area contributed by atoms with Crippen molar-refractivity contribution in [1.82, 2.24) is 5.32 Å². The maximum absolute atomic E-state index is 11.7. The van der Waals surface area contributed by atoms with Crippen LogP contribution in [0.1, 0.15) is 16.9 Å². The third-order valence-corrected chi connectivity index (χ3v) is 4.27. The van der Waals surface area contributed by atoms with E-state index in [1.165, 1.54) is 11.3 Å². The first-order valence-electron chi connectivity index (χ1n) is 5.89. The zero-order valence-electron chi connectivity index (χ0n) is 10.5. The molecule has 0 radical (unpaired) electrons. The zero-order chi connectivity index (χ0) is 14.4. The number of hydrogen-bond donors (Lipinski definition) is 2. The van der Waals surface area contributed by atoms with Crippen LogP contribution in [-0.2, 0) is 15.9 Å². The van der Waals surface area contributed by atoms with Gasteiger partial charge in [-0.25, -0.2) is 4.79 Å². The van der Waals surface area contributed by atoms with Crippen LogP contribution in [0.25, 0.3) is 0 Å². The number of carbonyl (C=O) groups excluding carboxylic acids is 1. The molecular weight excluding hydrogens is 297 g/mol. The molecule has 0 aliphatic heterocycles. The molecule has 0 aliphatic rings. The van der Waals surface area contributed by atoms with Crippen LogP contribution in [0.15, 0.2) is 47.2 Å². The molecule has 0 fully saturated rings. The quantitative estimate of drug-likeness (QED) is 0.832. The van der Waals surface area contributed by atoms with E-state index in [1.54, 1.807) is 16.8 Å². The monoisotopic (exact) mass is 311 g/mol. The molecule has 2 atom stereocenters. The highest BCUT2D eigenvalue weighted by molar-refractivity contribution is 7.38. The maximum atomic E-state index is 11.7. The van der Waals surface area contributed by atoms with Crippen LogP contribution in [0.3, 0.4) is 0 Å². The van der Waals surface area contributed by atoms with Crippen LogP contribution in [0.5, 0.6) is 0 Å². The lowest BCUT2D eigenvalue weighted by Gasteiger charge is -2.14. The molecule has 1 heterocycles. The van der Waals surface area contributed by atoms with Gasteiger partial charge in [0.25, 0.3) is 0 Å². The molecule has 5 nitrogen and oxygen atoms in total. The number of ether oxygens (including phenoxy) is 1. The number of hydrogen-bond acceptors (Lipinski definition) is 4. The zero-order valence-corrected chi connectivity index (χ0v) is 12.3. The summed E-state index contributed by atoms with van der Waals surface area (Å²) in [6.07, 6.45) is -0.711. The van der Waals surface area contributed by atoms with Crippen molar-refractivity contribution in [1.29, 1.82) is 0 Å². The van der Waals surface area contributed by atoms with Crippen molar-refractivity contribution in [3.63, 3.8) is 0 Å². The fraction of sp³-hybridized carbons (Fsp3) is 0.154. The SMILES string of the molecule is O=C(N[C@@H](c1ccsc1)[PH](=O)O)OCc1ccccc1. The van der Waals surface area contributed by atoms with Gasteiger partial charge in [-0.1, -0.05) is 30.3 Å². The summed E-state index contributed by atoms with van der Waals surface area (Å²) in [7, 11) is -2.93. The van der Waals surface area contributed by atoms with Crippen LogP contribution in [0.2, 0.25) is 0 Å². The van der Waals surface area contributed by atoms with E-state index in [0.717, 1.165) is 5.56 Å². The van der Waals surface area contributed by atoms with Crippen molar-refractivity contribution in [2.45, 2.75) is 12.4 Å². The van der Waals surface area contributed by atoms with E-state index in [1.807, 2.05) is 30.3 Å². The van der Waals surface area contributed by atoms with Crippen LogP contribution >= 0.6 is 19.4 Å². The topological polar surface area (TPSA) is 75.6 Å². The molecule has 1 amide bonds.